The molecular formula is C25H29ClN6O3S. The highest BCUT2D eigenvalue weighted by Gasteiger charge is 2.34. The van der Waals surface area contributed by atoms with Crippen LogP contribution >= 0.6 is 11.6 Å². The van der Waals surface area contributed by atoms with Gasteiger partial charge >= 0.3 is 0 Å². The van der Waals surface area contributed by atoms with Crippen LogP contribution in [-0.4, -0.2) is 72.8 Å². The molecule has 190 valence electrons. The number of aromatic nitrogens is 2. The summed E-state index contributed by atoms with van der Waals surface area (Å²) < 4.78 is 28.0. The largest absolute Gasteiger partial charge is 0.368 e. The SMILES string of the molecule is Cc1cc(N2CCC(C(=O)N3CCN(S(=O)(=O)c4ccc5cc(Cl)ccc5c4)CC3)CC2)nc(N)n1. The van der Waals surface area contributed by atoms with Gasteiger partial charge in [0.1, 0.15) is 5.82 Å². The molecule has 36 heavy (non-hydrogen) atoms. The van der Waals surface area contributed by atoms with E-state index >= 15 is 0 Å². The fraction of sp³-hybridized carbons (Fsp3) is 0.400. The van der Waals surface area contributed by atoms with Gasteiger partial charge in [-0.3, -0.25) is 4.79 Å². The van der Waals surface area contributed by atoms with Gasteiger partial charge in [0.15, 0.2) is 0 Å². The number of sulfonamides is 1. The van der Waals surface area contributed by atoms with Crippen LogP contribution in [0.1, 0.15) is 18.5 Å². The summed E-state index contributed by atoms with van der Waals surface area (Å²) in [5.41, 5.74) is 6.60. The molecule has 3 aromatic rings. The minimum atomic E-state index is -3.65. The average Bonchev–Trinajstić information content (AvgIpc) is 2.87. The molecule has 0 saturated carbocycles. The van der Waals surface area contributed by atoms with Crippen LogP contribution < -0.4 is 10.6 Å². The number of nitrogen functional groups attached to an aromatic ring is 1. The second-order valence-electron chi connectivity index (χ2n) is 9.37. The Morgan fingerprint density at radius 1 is 0.944 bits per heavy atom. The minimum absolute atomic E-state index is 0.0722. The average molecular weight is 529 g/mol. The van der Waals surface area contributed by atoms with E-state index < -0.39 is 10.0 Å². The van der Waals surface area contributed by atoms with Gasteiger partial charge in [-0.1, -0.05) is 23.7 Å². The van der Waals surface area contributed by atoms with E-state index in [2.05, 4.69) is 14.9 Å². The molecule has 0 spiro atoms. The van der Waals surface area contributed by atoms with Crippen molar-refractivity contribution in [2.75, 3.05) is 49.9 Å². The third kappa shape index (κ3) is 4.98. The first-order valence-electron chi connectivity index (χ1n) is 12.0. The minimum Gasteiger partial charge on any atom is -0.368 e. The number of benzene rings is 2. The molecule has 0 radical (unpaired) electrons. The van der Waals surface area contributed by atoms with Crippen LogP contribution in [0.2, 0.25) is 5.02 Å². The van der Waals surface area contributed by atoms with E-state index in [1.807, 2.05) is 30.0 Å². The first-order valence-corrected chi connectivity index (χ1v) is 13.9. The molecule has 2 N–H and O–H groups in total. The normalized spacial score (nSPS) is 18.1. The zero-order valence-corrected chi connectivity index (χ0v) is 21.7. The Morgan fingerprint density at radius 2 is 1.61 bits per heavy atom. The number of rotatable bonds is 4. The van der Waals surface area contributed by atoms with Crippen molar-refractivity contribution in [1.29, 1.82) is 0 Å². The van der Waals surface area contributed by atoms with Gasteiger partial charge in [0.2, 0.25) is 21.9 Å². The van der Waals surface area contributed by atoms with Gasteiger partial charge in [0, 0.05) is 62.0 Å². The number of nitrogens with two attached hydrogens (primary N) is 1. The quantitative estimate of drug-likeness (QED) is 0.554. The maximum atomic E-state index is 13.3. The fourth-order valence-electron chi connectivity index (χ4n) is 5.00. The lowest BCUT2D eigenvalue weighted by molar-refractivity contribution is -0.137. The number of piperidine rings is 1. The van der Waals surface area contributed by atoms with Crippen molar-refractivity contribution in [3.05, 3.63) is 53.2 Å². The third-order valence-corrected chi connectivity index (χ3v) is 9.12. The Labute approximate surface area is 215 Å². The van der Waals surface area contributed by atoms with Crippen molar-refractivity contribution in [2.45, 2.75) is 24.7 Å². The Hall–Kier alpha value is -2.95. The first kappa shape index (κ1) is 24.7. The molecule has 3 heterocycles. The Balaban J connectivity index is 1.18. The fourth-order valence-corrected chi connectivity index (χ4v) is 6.64. The summed E-state index contributed by atoms with van der Waals surface area (Å²) in [6.45, 7) is 4.66. The monoisotopic (exact) mass is 528 g/mol. The second kappa shape index (κ2) is 9.84. The van der Waals surface area contributed by atoms with Crippen LogP contribution in [0.15, 0.2) is 47.4 Å². The number of anilines is 2. The van der Waals surface area contributed by atoms with Crippen LogP contribution in [0.5, 0.6) is 0 Å². The number of hydrogen-bond donors (Lipinski definition) is 1. The zero-order valence-electron chi connectivity index (χ0n) is 20.1. The molecule has 2 saturated heterocycles. The highest BCUT2D eigenvalue weighted by molar-refractivity contribution is 7.89. The van der Waals surface area contributed by atoms with E-state index in [-0.39, 0.29) is 35.8 Å². The van der Waals surface area contributed by atoms with Gasteiger partial charge in [-0.05, 0) is 54.8 Å². The van der Waals surface area contributed by atoms with Crippen LogP contribution in [0.3, 0.4) is 0 Å². The standard InChI is InChI=1S/C25H29ClN6O3S/c1-17-14-23(29-25(27)28-17)30-8-6-18(7-9-30)24(33)31-10-12-32(13-11-31)36(34,35)22-5-3-19-15-21(26)4-2-20(19)16-22/h2-5,14-16,18H,6-13H2,1H3,(H2,27,28,29). The molecule has 1 amide bonds. The summed E-state index contributed by atoms with van der Waals surface area (Å²) in [5.74, 6) is 1.08. The maximum Gasteiger partial charge on any atom is 0.243 e. The molecule has 2 aliphatic rings. The highest BCUT2D eigenvalue weighted by atomic mass is 35.5. The van der Waals surface area contributed by atoms with E-state index in [4.69, 9.17) is 17.3 Å². The summed E-state index contributed by atoms with van der Waals surface area (Å²) in [4.78, 5) is 25.8. The van der Waals surface area contributed by atoms with E-state index in [0.29, 0.717) is 31.2 Å². The van der Waals surface area contributed by atoms with E-state index in [1.54, 1.807) is 24.3 Å². The second-order valence-corrected chi connectivity index (χ2v) is 11.7. The lowest BCUT2D eigenvalue weighted by Gasteiger charge is -2.38. The number of carbonyl (C=O) groups is 1. The lowest BCUT2D eigenvalue weighted by Crippen LogP contribution is -2.52. The smallest absolute Gasteiger partial charge is 0.243 e. The molecule has 0 atom stereocenters. The van der Waals surface area contributed by atoms with Crippen molar-refractivity contribution in [3.8, 4) is 0 Å². The topological polar surface area (TPSA) is 113 Å². The summed E-state index contributed by atoms with van der Waals surface area (Å²) in [7, 11) is -3.65. The number of aryl methyl sites for hydroxylation is 1. The molecule has 9 nitrogen and oxygen atoms in total. The van der Waals surface area contributed by atoms with Gasteiger partial charge in [-0.15, -0.1) is 0 Å². The number of fused-ring (bicyclic) bond motifs is 1. The van der Waals surface area contributed by atoms with Gasteiger partial charge in [0.05, 0.1) is 4.90 Å². The number of carbonyl (C=O) groups excluding carboxylic acids is 1. The number of halogens is 1. The van der Waals surface area contributed by atoms with Gasteiger partial charge in [-0.25, -0.2) is 13.4 Å². The summed E-state index contributed by atoms with van der Waals surface area (Å²) >= 11 is 6.04. The van der Waals surface area contributed by atoms with Gasteiger partial charge in [0.25, 0.3) is 0 Å². The van der Waals surface area contributed by atoms with Gasteiger partial charge in [-0.2, -0.15) is 9.29 Å². The number of nitrogens with zero attached hydrogens (tertiary/aromatic N) is 5. The molecule has 0 unspecified atom stereocenters. The molecule has 1 aromatic heterocycles. The van der Waals surface area contributed by atoms with Crippen molar-refractivity contribution in [2.24, 2.45) is 5.92 Å². The molecule has 11 heteroatoms. The molecule has 2 fully saturated rings. The molecule has 2 aliphatic heterocycles. The number of piperazine rings is 1. The number of amides is 1. The number of hydrogen-bond acceptors (Lipinski definition) is 7. The van der Waals surface area contributed by atoms with E-state index in [1.165, 1.54) is 4.31 Å². The lowest BCUT2D eigenvalue weighted by atomic mass is 9.95. The van der Waals surface area contributed by atoms with Crippen LogP contribution in [0.25, 0.3) is 10.8 Å². The molecule has 0 bridgehead atoms. The van der Waals surface area contributed by atoms with Crippen LogP contribution in [-0.2, 0) is 14.8 Å². The maximum absolute atomic E-state index is 13.3. The third-order valence-electron chi connectivity index (χ3n) is 6.99. The van der Waals surface area contributed by atoms with Crippen molar-refractivity contribution in [3.63, 3.8) is 0 Å². The highest BCUT2D eigenvalue weighted by Crippen LogP contribution is 2.27. The Kier molecular flexibility index (Phi) is 6.76. The molecule has 5 rings (SSSR count). The van der Waals surface area contributed by atoms with Crippen molar-refractivity contribution >= 4 is 50.1 Å². The Bertz CT molecular complexity index is 1380. The predicted molar refractivity (Wildman–Crippen MR) is 140 cm³/mol. The van der Waals surface area contributed by atoms with Gasteiger partial charge < -0.3 is 15.5 Å². The Morgan fingerprint density at radius 3 is 2.31 bits per heavy atom. The van der Waals surface area contributed by atoms with Crippen LogP contribution in [0.4, 0.5) is 11.8 Å². The predicted octanol–water partition coefficient (Wildman–Crippen LogP) is 2.92. The summed E-state index contributed by atoms with van der Waals surface area (Å²) in [6.07, 6.45) is 1.45. The van der Waals surface area contributed by atoms with E-state index in [9.17, 15) is 13.2 Å². The zero-order chi connectivity index (χ0) is 25.4. The molecule has 0 aliphatic carbocycles. The van der Waals surface area contributed by atoms with E-state index in [0.717, 1.165) is 35.1 Å². The first-order chi connectivity index (χ1) is 17.2. The summed E-state index contributed by atoms with van der Waals surface area (Å²) in [6, 6.07) is 12.4. The summed E-state index contributed by atoms with van der Waals surface area (Å²) in [5, 5.41) is 2.32. The molecular weight excluding hydrogens is 500 g/mol. The molecule has 2 aromatic carbocycles. The van der Waals surface area contributed by atoms with Crippen molar-refractivity contribution in [1.82, 2.24) is 19.2 Å². The van der Waals surface area contributed by atoms with Crippen molar-refractivity contribution < 1.29 is 13.2 Å². The van der Waals surface area contributed by atoms with Crippen LogP contribution in [0, 0.1) is 12.8 Å².